The Bertz CT molecular complexity index is 469. The van der Waals surface area contributed by atoms with E-state index in [4.69, 9.17) is 11.5 Å². The summed E-state index contributed by atoms with van der Waals surface area (Å²) in [6.45, 7) is 3.35. The summed E-state index contributed by atoms with van der Waals surface area (Å²) < 4.78 is 0. The Balaban J connectivity index is 0.00000220. The normalized spacial score (nSPS) is 14.3. The molecule has 0 saturated carbocycles. The third-order valence-electron chi connectivity index (χ3n) is 3.23. The second-order valence-electron chi connectivity index (χ2n) is 4.61. The molecule has 0 aromatic carbocycles. The van der Waals surface area contributed by atoms with Crippen molar-refractivity contribution in [1.29, 1.82) is 0 Å². The van der Waals surface area contributed by atoms with Gasteiger partial charge in [0, 0.05) is 38.8 Å². The van der Waals surface area contributed by atoms with Gasteiger partial charge in [0.1, 0.15) is 5.82 Å². The fourth-order valence-corrected chi connectivity index (χ4v) is 2.16. The Morgan fingerprint density at radius 2 is 1.95 bits per heavy atom. The van der Waals surface area contributed by atoms with Crippen molar-refractivity contribution in [2.24, 2.45) is 16.5 Å². The van der Waals surface area contributed by atoms with Gasteiger partial charge in [0.2, 0.25) is 5.91 Å². The van der Waals surface area contributed by atoms with Crippen LogP contribution in [0.25, 0.3) is 0 Å². The summed E-state index contributed by atoms with van der Waals surface area (Å²) in [7, 11) is 0. The number of pyridine rings is 1. The van der Waals surface area contributed by atoms with Gasteiger partial charge in [-0.05, 0) is 12.1 Å². The zero-order chi connectivity index (χ0) is 14.4. The fourth-order valence-electron chi connectivity index (χ4n) is 2.16. The highest BCUT2D eigenvalue weighted by Crippen LogP contribution is 2.12. The zero-order valence-corrected chi connectivity index (χ0v) is 14.1. The highest BCUT2D eigenvalue weighted by atomic mass is 127. The molecule has 1 amide bonds. The van der Waals surface area contributed by atoms with Crippen LogP contribution in [-0.4, -0.2) is 54.5 Å². The van der Waals surface area contributed by atoms with Gasteiger partial charge in [-0.1, -0.05) is 6.07 Å². The molecule has 4 N–H and O–H groups in total. The van der Waals surface area contributed by atoms with Gasteiger partial charge in [-0.2, -0.15) is 0 Å². The monoisotopic (exact) mass is 404 g/mol. The molecule has 1 aromatic rings. The molecule has 0 radical (unpaired) electrons. The average molecular weight is 404 g/mol. The summed E-state index contributed by atoms with van der Waals surface area (Å²) >= 11 is 0. The highest BCUT2D eigenvalue weighted by molar-refractivity contribution is 14.0. The molecule has 0 spiro atoms. The SMILES string of the molecule is I.NC(N)=NCCC(=O)N1CCN(c2ccccn2)CC1. The van der Waals surface area contributed by atoms with Crippen LogP contribution in [0.15, 0.2) is 29.4 Å². The van der Waals surface area contributed by atoms with E-state index in [0.717, 1.165) is 18.9 Å². The predicted molar refractivity (Wildman–Crippen MR) is 93.7 cm³/mol. The second kappa shape index (κ2) is 8.65. The van der Waals surface area contributed by atoms with Crippen LogP contribution in [0.4, 0.5) is 5.82 Å². The van der Waals surface area contributed by atoms with Crippen LogP contribution in [0.2, 0.25) is 0 Å². The molecule has 8 heteroatoms. The fraction of sp³-hybridized carbons (Fsp3) is 0.462. The summed E-state index contributed by atoms with van der Waals surface area (Å²) in [5.41, 5.74) is 10.5. The Morgan fingerprint density at radius 3 is 2.52 bits per heavy atom. The first-order chi connectivity index (χ1) is 9.66. The van der Waals surface area contributed by atoms with Crippen molar-refractivity contribution in [1.82, 2.24) is 9.88 Å². The number of aliphatic imine (C=N–C) groups is 1. The summed E-state index contributed by atoms with van der Waals surface area (Å²) in [6, 6.07) is 5.85. The summed E-state index contributed by atoms with van der Waals surface area (Å²) in [5.74, 6) is 1.08. The predicted octanol–water partition coefficient (Wildman–Crippen LogP) is 0.0117. The van der Waals surface area contributed by atoms with Crippen molar-refractivity contribution < 1.29 is 4.79 Å². The van der Waals surface area contributed by atoms with E-state index >= 15 is 0 Å². The van der Waals surface area contributed by atoms with Crippen LogP contribution in [0.5, 0.6) is 0 Å². The van der Waals surface area contributed by atoms with Gasteiger partial charge in [-0.3, -0.25) is 9.79 Å². The number of nitrogens with zero attached hydrogens (tertiary/aromatic N) is 4. The lowest BCUT2D eigenvalue weighted by atomic mass is 10.2. The molecule has 116 valence electrons. The molecular weight excluding hydrogens is 383 g/mol. The lowest BCUT2D eigenvalue weighted by Gasteiger charge is -2.35. The Kier molecular flexibility index (Phi) is 7.20. The van der Waals surface area contributed by atoms with Gasteiger partial charge in [0.25, 0.3) is 0 Å². The first-order valence-corrected chi connectivity index (χ1v) is 6.66. The standard InChI is InChI=1S/C13H20N6O.HI/c14-13(15)17-6-4-12(20)19-9-7-18(8-10-19)11-3-1-2-5-16-11;/h1-3,5H,4,6-10H2,(H4,14,15,17);1H. The number of hydrogen-bond donors (Lipinski definition) is 2. The maximum atomic E-state index is 12.0. The number of aromatic nitrogens is 1. The minimum absolute atomic E-state index is 0. The zero-order valence-electron chi connectivity index (χ0n) is 11.8. The van der Waals surface area contributed by atoms with Crippen molar-refractivity contribution in [2.75, 3.05) is 37.6 Å². The van der Waals surface area contributed by atoms with E-state index in [-0.39, 0.29) is 35.8 Å². The molecule has 0 aliphatic carbocycles. The van der Waals surface area contributed by atoms with Crippen molar-refractivity contribution in [3.05, 3.63) is 24.4 Å². The highest BCUT2D eigenvalue weighted by Gasteiger charge is 2.21. The summed E-state index contributed by atoms with van der Waals surface area (Å²) in [4.78, 5) is 24.1. The lowest BCUT2D eigenvalue weighted by molar-refractivity contribution is -0.131. The van der Waals surface area contributed by atoms with Crippen LogP contribution in [0.3, 0.4) is 0 Å². The topological polar surface area (TPSA) is 101 Å². The van der Waals surface area contributed by atoms with Gasteiger partial charge < -0.3 is 21.3 Å². The van der Waals surface area contributed by atoms with Crippen LogP contribution in [0.1, 0.15) is 6.42 Å². The van der Waals surface area contributed by atoms with Gasteiger partial charge >= 0.3 is 0 Å². The molecular formula is C13H21IN6O. The summed E-state index contributed by atoms with van der Waals surface area (Å²) in [6.07, 6.45) is 2.13. The van der Waals surface area contributed by atoms with Gasteiger partial charge in [0.15, 0.2) is 5.96 Å². The van der Waals surface area contributed by atoms with Crippen molar-refractivity contribution >= 4 is 41.7 Å². The minimum Gasteiger partial charge on any atom is -0.370 e. The number of carbonyl (C=O) groups excluding carboxylic acids is 1. The third kappa shape index (κ3) is 5.37. The molecule has 0 bridgehead atoms. The van der Waals surface area contributed by atoms with E-state index < -0.39 is 0 Å². The molecule has 1 aromatic heterocycles. The smallest absolute Gasteiger partial charge is 0.224 e. The number of hydrogen-bond acceptors (Lipinski definition) is 4. The molecule has 2 heterocycles. The average Bonchev–Trinajstić information content (AvgIpc) is 2.48. The van der Waals surface area contributed by atoms with Gasteiger partial charge in [0.05, 0.1) is 6.54 Å². The quantitative estimate of drug-likeness (QED) is 0.419. The third-order valence-corrected chi connectivity index (χ3v) is 3.23. The number of anilines is 1. The maximum absolute atomic E-state index is 12.0. The van der Waals surface area contributed by atoms with E-state index in [1.54, 1.807) is 6.20 Å². The van der Waals surface area contributed by atoms with Crippen LogP contribution < -0.4 is 16.4 Å². The minimum atomic E-state index is 0. The van der Waals surface area contributed by atoms with Gasteiger partial charge in [-0.15, -0.1) is 24.0 Å². The maximum Gasteiger partial charge on any atom is 0.224 e. The van der Waals surface area contributed by atoms with Crippen molar-refractivity contribution in [3.8, 4) is 0 Å². The number of piperazine rings is 1. The molecule has 0 atom stereocenters. The molecule has 2 rings (SSSR count). The van der Waals surface area contributed by atoms with E-state index in [0.29, 0.717) is 26.1 Å². The molecule has 21 heavy (non-hydrogen) atoms. The molecule has 7 nitrogen and oxygen atoms in total. The van der Waals surface area contributed by atoms with Crippen molar-refractivity contribution in [2.45, 2.75) is 6.42 Å². The van der Waals surface area contributed by atoms with E-state index in [9.17, 15) is 4.79 Å². The molecule has 1 aliphatic rings. The van der Waals surface area contributed by atoms with Crippen LogP contribution in [-0.2, 0) is 4.79 Å². The largest absolute Gasteiger partial charge is 0.370 e. The molecule has 0 unspecified atom stereocenters. The molecule has 1 saturated heterocycles. The second-order valence-corrected chi connectivity index (χ2v) is 4.61. The number of guanidine groups is 1. The number of amides is 1. The first-order valence-electron chi connectivity index (χ1n) is 6.66. The Morgan fingerprint density at radius 1 is 1.24 bits per heavy atom. The van der Waals surface area contributed by atoms with E-state index in [1.165, 1.54) is 0 Å². The Hall–Kier alpha value is -1.58. The van der Waals surface area contributed by atoms with E-state index in [2.05, 4.69) is 14.9 Å². The molecule has 1 aliphatic heterocycles. The molecule has 1 fully saturated rings. The number of rotatable bonds is 4. The summed E-state index contributed by atoms with van der Waals surface area (Å²) in [5, 5.41) is 0. The lowest BCUT2D eigenvalue weighted by Crippen LogP contribution is -2.49. The number of halogens is 1. The van der Waals surface area contributed by atoms with Crippen LogP contribution >= 0.6 is 24.0 Å². The Labute approximate surface area is 141 Å². The van der Waals surface area contributed by atoms with Crippen molar-refractivity contribution in [3.63, 3.8) is 0 Å². The van der Waals surface area contributed by atoms with Crippen LogP contribution in [0, 0.1) is 0 Å². The van der Waals surface area contributed by atoms with Gasteiger partial charge in [-0.25, -0.2) is 4.98 Å². The number of nitrogens with two attached hydrogens (primary N) is 2. The first kappa shape index (κ1) is 17.5. The number of carbonyl (C=O) groups is 1. The van der Waals surface area contributed by atoms with E-state index in [1.807, 2.05) is 23.1 Å².